The predicted octanol–water partition coefficient (Wildman–Crippen LogP) is 0.419. The molecule has 0 fully saturated rings. The molecule has 6 nitrogen and oxygen atoms in total. The second-order valence-electron chi connectivity index (χ2n) is 4.51. The number of nitrogens with zero attached hydrogens (tertiary/aromatic N) is 4. The second kappa shape index (κ2) is 4.80. The van der Waals surface area contributed by atoms with Crippen molar-refractivity contribution in [1.29, 1.82) is 0 Å². The van der Waals surface area contributed by atoms with Crippen molar-refractivity contribution in [2.24, 2.45) is 0 Å². The summed E-state index contributed by atoms with van der Waals surface area (Å²) in [5, 5.41) is 6.43. The Hall–Kier alpha value is -1.64. The van der Waals surface area contributed by atoms with E-state index in [-0.39, 0.29) is 18.2 Å². The highest BCUT2D eigenvalue weighted by atomic mass is 19.4. The molecule has 1 atom stereocenters. The maximum Gasteiger partial charge on any atom is 0.453 e. The predicted molar refractivity (Wildman–Crippen MR) is 59.1 cm³/mol. The highest BCUT2D eigenvalue weighted by molar-refractivity contribution is 5.76. The molecule has 1 amide bonds. The van der Waals surface area contributed by atoms with Crippen molar-refractivity contribution >= 4 is 5.91 Å². The number of hydrogen-bond acceptors (Lipinski definition) is 4. The number of fused-ring (bicyclic) bond motifs is 1. The van der Waals surface area contributed by atoms with Crippen LogP contribution in [0.25, 0.3) is 0 Å². The number of halogens is 3. The van der Waals surface area contributed by atoms with E-state index >= 15 is 0 Å². The Kier molecular flexibility index (Phi) is 3.48. The first kappa shape index (κ1) is 13.8. The van der Waals surface area contributed by atoms with E-state index in [1.54, 1.807) is 14.1 Å². The average Bonchev–Trinajstić information content (AvgIpc) is 2.73. The summed E-state index contributed by atoms with van der Waals surface area (Å²) in [5.74, 6) is -1.18. The number of hydrogen-bond donors (Lipinski definition) is 1. The fourth-order valence-corrected chi connectivity index (χ4v) is 1.85. The van der Waals surface area contributed by atoms with Crippen molar-refractivity contribution < 1.29 is 18.0 Å². The summed E-state index contributed by atoms with van der Waals surface area (Å²) in [5.41, 5.74) is 0. The van der Waals surface area contributed by atoms with Crippen molar-refractivity contribution in [1.82, 2.24) is 25.0 Å². The van der Waals surface area contributed by atoms with Gasteiger partial charge in [0.1, 0.15) is 5.82 Å². The smallest absolute Gasteiger partial charge is 0.349 e. The van der Waals surface area contributed by atoms with Crippen molar-refractivity contribution in [3.8, 4) is 0 Å². The van der Waals surface area contributed by atoms with Crippen LogP contribution in [-0.2, 0) is 17.5 Å². The lowest BCUT2D eigenvalue weighted by Crippen LogP contribution is -2.37. The molecule has 0 aliphatic carbocycles. The number of carbonyl (C=O) groups excluding carboxylic acids is 1. The zero-order valence-corrected chi connectivity index (χ0v) is 10.5. The van der Waals surface area contributed by atoms with Crippen LogP contribution in [0.1, 0.15) is 24.1 Å². The van der Waals surface area contributed by atoms with E-state index in [2.05, 4.69) is 15.4 Å². The van der Waals surface area contributed by atoms with Crippen LogP contribution in [0.15, 0.2) is 0 Å². The molecule has 0 bridgehead atoms. The number of carbonyl (C=O) groups is 1. The van der Waals surface area contributed by atoms with Crippen molar-refractivity contribution in [3.63, 3.8) is 0 Å². The zero-order chi connectivity index (χ0) is 14.2. The summed E-state index contributed by atoms with van der Waals surface area (Å²) in [6.07, 6.45) is -4.51. The van der Waals surface area contributed by atoms with Gasteiger partial charge in [0.15, 0.2) is 0 Å². The molecule has 9 heteroatoms. The van der Waals surface area contributed by atoms with Gasteiger partial charge in [-0.15, -0.1) is 5.10 Å². The van der Waals surface area contributed by atoms with Crippen molar-refractivity contribution in [2.75, 3.05) is 20.6 Å². The van der Waals surface area contributed by atoms with Crippen LogP contribution >= 0.6 is 0 Å². The summed E-state index contributed by atoms with van der Waals surface area (Å²) in [6.45, 7) is 0.768. The zero-order valence-electron chi connectivity index (χ0n) is 10.5. The molecule has 0 radical (unpaired) electrons. The fraction of sp³-hybridized carbons (Fsp3) is 0.700. The lowest BCUT2D eigenvalue weighted by Gasteiger charge is -2.24. The monoisotopic (exact) mass is 277 g/mol. The standard InChI is InChI=1S/C10H14F3N5O/c1-17(2)7(19)5-6-8-15-9(10(11,12)13)16-18(8)4-3-14-6/h6,14H,3-5H2,1-2H3. The Morgan fingerprint density at radius 2 is 2.21 bits per heavy atom. The summed E-state index contributed by atoms with van der Waals surface area (Å²) in [6, 6.07) is -0.535. The molecule has 1 aromatic heterocycles. The number of aromatic nitrogens is 3. The van der Waals surface area contributed by atoms with Crippen LogP contribution in [0.2, 0.25) is 0 Å². The highest BCUT2D eigenvalue weighted by Crippen LogP contribution is 2.29. The van der Waals surface area contributed by atoms with Crippen LogP contribution in [0.4, 0.5) is 13.2 Å². The van der Waals surface area contributed by atoms with Crippen molar-refractivity contribution in [2.45, 2.75) is 25.2 Å². The molecule has 2 heterocycles. The summed E-state index contributed by atoms with van der Waals surface area (Å²) < 4.78 is 38.9. The Bertz CT molecular complexity index is 482. The summed E-state index contributed by atoms with van der Waals surface area (Å²) in [7, 11) is 3.19. The van der Waals surface area contributed by atoms with Crippen LogP contribution < -0.4 is 5.32 Å². The molecule has 1 aromatic rings. The molecule has 2 rings (SSSR count). The molecule has 0 aromatic carbocycles. The van der Waals surface area contributed by atoms with Gasteiger partial charge in [0.25, 0.3) is 5.82 Å². The van der Waals surface area contributed by atoms with Gasteiger partial charge in [0.05, 0.1) is 12.6 Å². The molecule has 19 heavy (non-hydrogen) atoms. The van der Waals surface area contributed by atoms with Crippen LogP contribution in [0.5, 0.6) is 0 Å². The van der Waals surface area contributed by atoms with E-state index in [4.69, 9.17) is 0 Å². The van der Waals surface area contributed by atoms with Crippen LogP contribution in [0, 0.1) is 0 Å². The van der Waals surface area contributed by atoms with Gasteiger partial charge in [0.2, 0.25) is 5.91 Å². The fourth-order valence-electron chi connectivity index (χ4n) is 1.85. The molecule has 1 aliphatic heterocycles. The van der Waals surface area contributed by atoms with E-state index in [9.17, 15) is 18.0 Å². The van der Waals surface area contributed by atoms with Gasteiger partial charge in [0, 0.05) is 27.1 Å². The molecule has 0 saturated carbocycles. The summed E-state index contributed by atoms with van der Waals surface area (Å²) in [4.78, 5) is 16.5. The minimum Gasteiger partial charge on any atom is -0.349 e. The van der Waals surface area contributed by atoms with E-state index in [0.29, 0.717) is 13.1 Å². The first-order valence-electron chi connectivity index (χ1n) is 5.74. The number of alkyl halides is 3. The topological polar surface area (TPSA) is 63.1 Å². The van der Waals surface area contributed by atoms with Gasteiger partial charge < -0.3 is 10.2 Å². The number of nitrogens with one attached hydrogen (secondary N) is 1. The molecule has 0 saturated heterocycles. The molecule has 0 spiro atoms. The lowest BCUT2D eigenvalue weighted by atomic mass is 10.1. The average molecular weight is 277 g/mol. The van der Waals surface area contributed by atoms with Gasteiger partial charge in [-0.1, -0.05) is 0 Å². The van der Waals surface area contributed by atoms with Gasteiger partial charge >= 0.3 is 6.18 Å². The Morgan fingerprint density at radius 1 is 1.53 bits per heavy atom. The molecule has 1 aliphatic rings. The molecule has 1 unspecified atom stereocenters. The minimum absolute atomic E-state index is 0.0585. The number of rotatable bonds is 2. The Labute approximate surface area is 107 Å². The molecular formula is C10H14F3N5O. The van der Waals surface area contributed by atoms with Crippen LogP contribution in [0.3, 0.4) is 0 Å². The Balaban J connectivity index is 2.24. The van der Waals surface area contributed by atoms with Gasteiger partial charge in [-0.25, -0.2) is 9.67 Å². The van der Waals surface area contributed by atoms with E-state index in [1.165, 1.54) is 9.58 Å². The largest absolute Gasteiger partial charge is 0.453 e. The van der Waals surface area contributed by atoms with E-state index < -0.39 is 18.0 Å². The first-order chi connectivity index (χ1) is 8.79. The van der Waals surface area contributed by atoms with Gasteiger partial charge in [-0.05, 0) is 0 Å². The van der Waals surface area contributed by atoms with Gasteiger partial charge in [-0.2, -0.15) is 13.2 Å². The van der Waals surface area contributed by atoms with Crippen molar-refractivity contribution in [3.05, 3.63) is 11.6 Å². The van der Waals surface area contributed by atoms with Gasteiger partial charge in [-0.3, -0.25) is 4.79 Å². The molecular weight excluding hydrogens is 263 g/mol. The maximum atomic E-state index is 12.6. The third-order valence-corrected chi connectivity index (χ3v) is 2.86. The lowest BCUT2D eigenvalue weighted by molar-refractivity contribution is -0.145. The third kappa shape index (κ3) is 2.86. The Morgan fingerprint density at radius 3 is 2.79 bits per heavy atom. The SMILES string of the molecule is CN(C)C(=O)CC1NCCn2nc(C(F)(F)F)nc21. The third-order valence-electron chi connectivity index (χ3n) is 2.86. The summed E-state index contributed by atoms with van der Waals surface area (Å²) >= 11 is 0. The quantitative estimate of drug-likeness (QED) is 0.851. The highest BCUT2D eigenvalue weighted by Gasteiger charge is 2.39. The maximum absolute atomic E-state index is 12.6. The van der Waals surface area contributed by atoms with Crippen LogP contribution in [-0.4, -0.2) is 46.2 Å². The second-order valence-corrected chi connectivity index (χ2v) is 4.51. The minimum atomic E-state index is -4.57. The van der Waals surface area contributed by atoms with E-state index in [1.807, 2.05) is 0 Å². The molecule has 1 N–H and O–H groups in total. The number of amides is 1. The first-order valence-corrected chi connectivity index (χ1v) is 5.74. The van der Waals surface area contributed by atoms with E-state index in [0.717, 1.165) is 0 Å². The normalized spacial score (nSPS) is 19.1. The molecule has 106 valence electrons.